The molecule has 0 N–H and O–H groups in total. The van der Waals surface area contributed by atoms with Gasteiger partial charge >= 0.3 is 0 Å². The van der Waals surface area contributed by atoms with Crippen molar-refractivity contribution in [2.24, 2.45) is 4.99 Å². The Hall–Kier alpha value is -2.68. The first-order chi connectivity index (χ1) is 12.7. The standard InChI is InChI=1S/C21H13BrN2OS/c1-2-13-24-18-12-11-14-7-3-4-8-15(14)19(18)26-21(24)23-20(25)16-9-5-6-10-17(16)22/h1,3-12H,13H2. The summed E-state index contributed by atoms with van der Waals surface area (Å²) < 4.78 is 3.72. The number of benzene rings is 3. The lowest BCUT2D eigenvalue weighted by Crippen LogP contribution is -2.16. The van der Waals surface area contributed by atoms with E-state index in [9.17, 15) is 4.79 Å². The van der Waals surface area contributed by atoms with Crippen molar-refractivity contribution in [3.8, 4) is 12.3 Å². The van der Waals surface area contributed by atoms with Crippen LogP contribution in [-0.4, -0.2) is 10.5 Å². The zero-order valence-electron chi connectivity index (χ0n) is 13.6. The van der Waals surface area contributed by atoms with Crippen LogP contribution >= 0.6 is 27.3 Å². The molecule has 3 nitrogen and oxygen atoms in total. The van der Waals surface area contributed by atoms with E-state index in [-0.39, 0.29) is 5.91 Å². The van der Waals surface area contributed by atoms with Crippen LogP contribution in [-0.2, 0) is 6.54 Å². The number of hydrogen-bond donors (Lipinski definition) is 0. The molecule has 0 atom stereocenters. The van der Waals surface area contributed by atoms with Crippen LogP contribution in [0.2, 0.25) is 0 Å². The van der Waals surface area contributed by atoms with Crippen LogP contribution in [0.3, 0.4) is 0 Å². The number of halogens is 1. The molecule has 0 fully saturated rings. The molecule has 0 radical (unpaired) electrons. The molecule has 0 unspecified atom stereocenters. The Bertz CT molecular complexity index is 1260. The Morgan fingerprint density at radius 2 is 1.88 bits per heavy atom. The number of terminal acetylenes is 1. The fraction of sp³-hybridized carbons (Fsp3) is 0.0476. The molecule has 4 rings (SSSR count). The molecule has 0 aliphatic carbocycles. The summed E-state index contributed by atoms with van der Waals surface area (Å²) in [5.41, 5.74) is 1.52. The first-order valence-corrected chi connectivity index (χ1v) is 9.58. The number of thiazole rings is 1. The fourth-order valence-corrected chi connectivity index (χ4v) is 4.53. The highest BCUT2D eigenvalue weighted by Gasteiger charge is 2.12. The largest absolute Gasteiger partial charge is 0.305 e. The van der Waals surface area contributed by atoms with Crippen molar-refractivity contribution in [3.05, 3.63) is 75.5 Å². The smallest absolute Gasteiger partial charge is 0.280 e. The van der Waals surface area contributed by atoms with Gasteiger partial charge in [0.25, 0.3) is 5.91 Å². The third-order valence-corrected chi connectivity index (χ3v) is 5.94. The van der Waals surface area contributed by atoms with E-state index in [4.69, 9.17) is 6.42 Å². The van der Waals surface area contributed by atoms with Gasteiger partial charge in [0.05, 0.1) is 22.3 Å². The van der Waals surface area contributed by atoms with Crippen LogP contribution in [0.5, 0.6) is 0 Å². The summed E-state index contributed by atoms with van der Waals surface area (Å²) in [6.45, 7) is 0.362. The minimum atomic E-state index is -0.292. The summed E-state index contributed by atoms with van der Waals surface area (Å²) >= 11 is 4.90. The van der Waals surface area contributed by atoms with Gasteiger partial charge in [-0.25, -0.2) is 0 Å². The number of fused-ring (bicyclic) bond motifs is 3. The highest BCUT2D eigenvalue weighted by atomic mass is 79.9. The Morgan fingerprint density at radius 3 is 2.69 bits per heavy atom. The molecule has 26 heavy (non-hydrogen) atoms. The van der Waals surface area contributed by atoms with Crippen molar-refractivity contribution in [3.63, 3.8) is 0 Å². The number of nitrogens with zero attached hydrogens (tertiary/aromatic N) is 2. The number of carbonyl (C=O) groups excluding carboxylic acids is 1. The molecule has 3 aromatic carbocycles. The zero-order valence-corrected chi connectivity index (χ0v) is 16.0. The number of hydrogen-bond acceptors (Lipinski definition) is 2. The molecule has 1 aromatic heterocycles. The topological polar surface area (TPSA) is 34.4 Å². The summed E-state index contributed by atoms with van der Waals surface area (Å²) in [5.74, 6) is 2.37. The average molecular weight is 421 g/mol. The van der Waals surface area contributed by atoms with E-state index in [0.717, 1.165) is 25.5 Å². The molecule has 0 aliphatic rings. The van der Waals surface area contributed by atoms with Crippen molar-refractivity contribution < 1.29 is 4.79 Å². The average Bonchev–Trinajstić information content (AvgIpc) is 3.00. The molecular weight excluding hydrogens is 408 g/mol. The monoisotopic (exact) mass is 420 g/mol. The van der Waals surface area contributed by atoms with Crippen molar-refractivity contribution in [2.45, 2.75) is 6.54 Å². The van der Waals surface area contributed by atoms with Crippen molar-refractivity contribution in [1.82, 2.24) is 4.57 Å². The summed E-state index contributed by atoms with van der Waals surface area (Å²) in [4.78, 5) is 17.7. The second kappa shape index (κ2) is 6.91. The second-order valence-electron chi connectivity index (χ2n) is 5.71. The molecule has 5 heteroatoms. The van der Waals surface area contributed by atoms with Crippen LogP contribution < -0.4 is 4.80 Å². The van der Waals surface area contributed by atoms with Crippen LogP contribution in [0.25, 0.3) is 21.0 Å². The highest BCUT2D eigenvalue weighted by Crippen LogP contribution is 2.27. The van der Waals surface area contributed by atoms with Gasteiger partial charge in [-0.2, -0.15) is 4.99 Å². The number of carbonyl (C=O) groups is 1. The van der Waals surface area contributed by atoms with Gasteiger partial charge in [-0.05, 0) is 39.5 Å². The normalized spacial score (nSPS) is 11.8. The summed E-state index contributed by atoms with van der Waals surface area (Å²) in [6.07, 6.45) is 5.56. The Morgan fingerprint density at radius 1 is 1.12 bits per heavy atom. The first kappa shape index (κ1) is 16.8. The molecule has 4 aromatic rings. The third kappa shape index (κ3) is 2.88. The zero-order chi connectivity index (χ0) is 18.1. The lowest BCUT2D eigenvalue weighted by atomic mass is 10.1. The molecule has 1 heterocycles. The maximum absolute atomic E-state index is 12.7. The van der Waals surface area contributed by atoms with Crippen LogP contribution in [0.1, 0.15) is 10.4 Å². The second-order valence-corrected chi connectivity index (χ2v) is 7.54. The number of rotatable bonds is 2. The van der Waals surface area contributed by atoms with Gasteiger partial charge in [0.1, 0.15) is 0 Å². The minimum absolute atomic E-state index is 0.292. The van der Waals surface area contributed by atoms with Crippen LogP contribution in [0, 0.1) is 12.3 Å². The summed E-state index contributed by atoms with van der Waals surface area (Å²) in [5, 5.41) is 2.29. The maximum Gasteiger partial charge on any atom is 0.280 e. The molecule has 0 saturated heterocycles. The number of aromatic nitrogens is 1. The van der Waals surface area contributed by atoms with E-state index in [0.29, 0.717) is 16.9 Å². The third-order valence-electron chi connectivity index (χ3n) is 4.12. The number of amides is 1. The Balaban J connectivity index is 1.98. The van der Waals surface area contributed by atoms with Gasteiger partial charge in [0.2, 0.25) is 0 Å². The quantitative estimate of drug-likeness (QED) is 0.420. The van der Waals surface area contributed by atoms with Gasteiger partial charge in [0, 0.05) is 9.86 Å². The van der Waals surface area contributed by atoms with Gasteiger partial charge in [0.15, 0.2) is 4.80 Å². The highest BCUT2D eigenvalue weighted by molar-refractivity contribution is 9.10. The van der Waals surface area contributed by atoms with E-state index in [1.807, 2.05) is 41.0 Å². The molecule has 0 bridgehead atoms. The van der Waals surface area contributed by atoms with Gasteiger partial charge in [-0.15, -0.1) is 6.42 Å². The molecule has 1 amide bonds. The maximum atomic E-state index is 12.7. The van der Waals surface area contributed by atoms with E-state index < -0.39 is 0 Å². The Labute approximate surface area is 162 Å². The molecule has 0 aliphatic heterocycles. The summed E-state index contributed by atoms with van der Waals surface area (Å²) in [6, 6.07) is 19.5. The molecule has 126 valence electrons. The van der Waals surface area contributed by atoms with E-state index in [1.165, 1.54) is 11.3 Å². The summed E-state index contributed by atoms with van der Waals surface area (Å²) in [7, 11) is 0. The SMILES string of the molecule is C#CCn1c(=NC(=O)c2ccccc2Br)sc2c3ccccc3ccc21. The minimum Gasteiger partial charge on any atom is -0.305 e. The van der Waals surface area contributed by atoms with Crippen molar-refractivity contribution in [2.75, 3.05) is 0 Å². The predicted molar refractivity (Wildman–Crippen MR) is 110 cm³/mol. The Kier molecular flexibility index (Phi) is 4.46. The lowest BCUT2D eigenvalue weighted by molar-refractivity contribution is 0.0997. The van der Waals surface area contributed by atoms with Crippen molar-refractivity contribution >= 4 is 54.2 Å². The van der Waals surface area contributed by atoms with Crippen LogP contribution in [0.15, 0.2) is 70.1 Å². The van der Waals surface area contributed by atoms with Crippen LogP contribution in [0.4, 0.5) is 0 Å². The van der Waals surface area contributed by atoms with E-state index >= 15 is 0 Å². The fourth-order valence-electron chi connectivity index (χ4n) is 2.91. The van der Waals surface area contributed by atoms with Gasteiger partial charge < -0.3 is 4.57 Å². The van der Waals surface area contributed by atoms with Gasteiger partial charge in [-0.3, -0.25) is 4.79 Å². The predicted octanol–water partition coefficient (Wildman–Crippen LogP) is 4.99. The molecular formula is C21H13BrN2OS. The van der Waals surface area contributed by atoms with Crippen molar-refractivity contribution in [1.29, 1.82) is 0 Å². The first-order valence-electron chi connectivity index (χ1n) is 7.97. The van der Waals surface area contributed by atoms with Gasteiger partial charge in [-0.1, -0.05) is 59.7 Å². The molecule has 0 spiro atoms. The van der Waals surface area contributed by atoms with E-state index in [1.54, 1.807) is 6.07 Å². The molecule has 0 saturated carbocycles. The van der Waals surface area contributed by atoms with E-state index in [2.05, 4.69) is 45.0 Å². The lowest BCUT2D eigenvalue weighted by Gasteiger charge is -2.02.